The van der Waals surface area contributed by atoms with Crippen LogP contribution in [0.5, 0.6) is 0 Å². The van der Waals surface area contributed by atoms with Gasteiger partial charge in [0.2, 0.25) is 0 Å². The summed E-state index contributed by atoms with van der Waals surface area (Å²) in [6, 6.07) is 1.01. The van der Waals surface area contributed by atoms with Crippen molar-refractivity contribution in [2.75, 3.05) is 0 Å². The third-order valence-electron chi connectivity index (χ3n) is 6.58. The fraction of sp³-hybridized carbons (Fsp3) is 0.833. The average Bonchev–Trinajstić information content (AvgIpc) is 2.84. The van der Waals surface area contributed by atoms with Gasteiger partial charge in [0.25, 0.3) is 0 Å². The number of thiazole rings is 1. The van der Waals surface area contributed by atoms with Crippen LogP contribution in [0.2, 0.25) is 0 Å². The van der Waals surface area contributed by atoms with E-state index in [1.165, 1.54) is 49.2 Å². The Labute approximate surface area is 132 Å². The molecule has 0 radical (unpaired) electrons. The number of hydrogen-bond donors (Lipinski definition) is 1. The van der Waals surface area contributed by atoms with Crippen molar-refractivity contribution >= 4 is 11.3 Å². The molecule has 1 aromatic heterocycles. The molecule has 4 bridgehead atoms. The summed E-state index contributed by atoms with van der Waals surface area (Å²) in [5.41, 5.74) is 1.82. The van der Waals surface area contributed by atoms with Crippen LogP contribution in [0.25, 0.3) is 0 Å². The Bertz CT molecular complexity index is 486. The summed E-state index contributed by atoms with van der Waals surface area (Å²) in [5.74, 6) is 3.12. The molecule has 1 aromatic rings. The van der Waals surface area contributed by atoms with E-state index in [0.29, 0.717) is 17.5 Å². The Morgan fingerprint density at radius 3 is 2.19 bits per heavy atom. The Balaban J connectivity index is 1.48. The summed E-state index contributed by atoms with van der Waals surface area (Å²) in [6.07, 6.45) is 9.05. The number of aryl methyl sites for hydroxylation is 1. The van der Waals surface area contributed by atoms with Gasteiger partial charge in [-0.3, -0.25) is 0 Å². The van der Waals surface area contributed by atoms with Crippen LogP contribution in [-0.4, -0.2) is 11.0 Å². The van der Waals surface area contributed by atoms with Gasteiger partial charge in [-0.05, 0) is 82.5 Å². The van der Waals surface area contributed by atoms with Gasteiger partial charge in [0.05, 0.1) is 10.7 Å². The molecule has 4 aliphatic rings. The van der Waals surface area contributed by atoms with E-state index >= 15 is 0 Å². The second-order valence-electron chi connectivity index (χ2n) is 8.18. The van der Waals surface area contributed by atoms with Crippen LogP contribution in [-0.2, 0) is 0 Å². The lowest BCUT2D eigenvalue weighted by Crippen LogP contribution is -2.55. The zero-order valence-corrected chi connectivity index (χ0v) is 14.4. The van der Waals surface area contributed by atoms with Crippen LogP contribution in [0, 0.1) is 30.1 Å². The highest BCUT2D eigenvalue weighted by molar-refractivity contribution is 7.09. The van der Waals surface area contributed by atoms with E-state index in [9.17, 15) is 0 Å². The van der Waals surface area contributed by atoms with Gasteiger partial charge in [-0.15, -0.1) is 11.3 Å². The maximum absolute atomic E-state index is 4.67. The molecule has 3 heteroatoms. The second kappa shape index (κ2) is 5.06. The van der Waals surface area contributed by atoms with Crippen molar-refractivity contribution in [1.82, 2.24) is 10.3 Å². The van der Waals surface area contributed by atoms with Crippen LogP contribution in [0.3, 0.4) is 0 Å². The number of hydrogen-bond acceptors (Lipinski definition) is 3. The van der Waals surface area contributed by atoms with E-state index in [4.69, 9.17) is 0 Å². The lowest BCUT2D eigenvalue weighted by Gasteiger charge is -2.59. The molecule has 0 spiro atoms. The summed E-state index contributed by atoms with van der Waals surface area (Å²) in [6.45, 7) is 6.83. The van der Waals surface area contributed by atoms with Crippen molar-refractivity contribution < 1.29 is 0 Å². The second-order valence-corrected chi connectivity index (χ2v) is 9.24. The molecule has 4 saturated carbocycles. The van der Waals surface area contributed by atoms with E-state index in [0.717, 1.165) is 17.8 Å². The molecule has 1 heterocycles. The average molecular weight is 305 g/mol. The molecule has 1 N–H and O–H groups in total. The first kappa shape index (κ1) is 14.2. The maximum atomic E-state index is 4.67. The van der Waals surface area contributed by atoms with Gasteiger partial charge < -0.3 is 5.32 Å². The SMILES string of the molecule is Cc1nc(C(C)NC(C)C23CC4CC(CC(C4)C2)C3)cs1. The molecule has 0 aromatic carbocycles. The maximum Gasteiger partial charge on any atom is 0.0898 e. The number of nitrogens with zero attached hydrogens (tertiary/aromatic N) is 1. The van der Waals surface area contributed by atoms with Crippen LogP contribution in [0.15, 0.2) is 5.38 Å². The van der Waals surface area contributed by atoms with Crippen molar-refractivity contribution in [3.8, 4) is 0 Å². The van der Waals surface area contributed by atoms with Gasteiger partial charge in [-0.25, -0.2) is 4.98 Å². The number of aromatic nitrogens is 1. The predicted molar refractivity (Wildman–Crippen MR) is 88.5 cm³/mol. The predicted octanol–water partition coefficient (Wildman–Crippen LogP) is 4.71. The van der Waals surface area contributed by atoms with E-state index < -0.39 is 0 Å². The van der Waals surface area contributed by atoms with E-state index in [1.807, 2.05) is 0 Å². The molecule has 4 aliphatic carbocycles. The minimum absolute atomic E-state index is 0.387. The third-order valence-corrected chi connectivity index (χ3v) is 7.38. The van der Waals surface area contributed by atoms with E-state index in [-0.39, 0.29) is 0 Å². The molecule has 4 fully saturated rings. The standard InChI is InChI=1S/C18H28N2S/c1-11(17-10-21-13(3)20-17)19-12(2)18-7-14-4-15(8-18)6-16(5-14)9-18/h10-12,14-16,19H,4-9H2,1-3H3. The Morgan fingerprint density at radius 1 is 1.14 bits per heavy atom. The van der Waals surface area contributed by atoms with Crippen molar-refractivity contribution in [2.45, 2.75) is 71.4 Å². The summed E-state index contributed by atoms with van der Waals surface area (Å²) in [4.78, 5) is 4.67. The van der Waals surface area contributed by atoms with Crippen molar-refractivity contribution in [3.63, 3.8) is 0 Å². The molecule has 2 nitrogen and oxygen atoms in total. The molecular formula is C18H28N2S. The molecule has 0 saturated heterocycles. The quantitative estimate of drug-likeness (QED) is 0.871. The zero-order chi connectivity index (χ0) is 14.6. The van der Waals surface area contributed by atoms with Crippen LogP contribution in [0.4, 0.5) is 0 Å². The molecule has 0 aliphatic heterocycles. The minimum Gasteiger partial charge on any atom is -0.306 e. The lowest BCUT2D eigenvalue weighted by atomic mass is 9.48. The first-order valence-corrected chi connectivity index (χ1v) is 9.60. The summed E-state index contributed by atoms with van der Waals surface area (Å²) in [7, 11) is 0. The van der Waals surface area contributed by atoms with Gasteiger partial charge in [0, 0.05) is 17.5 Å². The lowest BCUT2D eigenvalue weighted by molar-refractivity contribution is -0.0719. The van der Waals surface area contributed by atoms with Gasteiger partial charge in [-0.2, -0.15) is 0 Å². The highest BCUT2D eigenvalue weighted by Gasteiger charge is 2.53. The van der Waals surface area contributed by atoms with Gasteiger partial charge in [0.15, 0.2) is 0 Å². The molecule has 0 amide bonds. The summed E-state index contributed by atoms with van der Waals surface area (Å²) >= 11 is 1.77. The Morgan fingerprint density at radius 2 is 1.71 bits per heavy atom. The highest BCUT2D eigenvalue weighted by Crippen LogP contribution is 2.61. The highest BCUT2D eigenvalue weighted by atomic mass is 32.1. The molecular weight excluding hydrogens is 276 g/mol. The molecule has 2 unspecified atom stereocenters. The fourth-order valence-electron chi connectivity index (χ4n) is 5.92. The first-order chi connectivity index (χ1) is 10.0. The normalized spacial score (nSPS) is 40.4. The molecule has 116 valence electrons. The van der Waals surface area contributed by atoms with Crippen molar-refractivity contribution in [2.24, 2.45) is 23.2 Å². The smallest absolute Gasteiger partial charge is 0.0898 e. The van der Waals surface area contributed by atoms with Gasteiger partial charge in [-0.1, -0.05) is 0 Å². The Kier molecular flexibility index (Phi) is 3.42. The van der Waals surface area contributed by atoms with E-state index in [2.05, 4.69) is 36.5 Å². The molecule has 5 rings (SSSR count). The number of rotatable bonds is 4. The van der Waals surface area contributed by atoms with Crippen molar-refractivity contribution in [1.29, 1.82) is 0 Å². The first-order valence-electron chi connectivity index (χ1n) is 8.72. The fourth-order valence-corrected chi connectivity index (χ4v) is 6.63. The van der Waals surface area contributed by atoms with Crippen LogP contribution < -0.4 is 5.32 Å². The summed E-state index contributed by atoms with van der Waals surface area (Å²) in [5, 5.41) is 7.31. The third kappa shape index (κ3) is 2.46. The summed E-state index contributed by atoms with van der Waals surface area (Å²) < 4.78 is 0. The monoisotopic (exact) mass is 304 g/mol. The van der Waals surface area contributed by atoms with Crippen LogP contribution in [0.1, 0.15) is 69.1 Å². The van der Waals surface area contributed by atoms with E-state index in [1.54, 1.807) is 11.3 Å². The minimum atomic E-state index is 0.387. The molecule has 21 heavy (non-hydrogen) atoms. The van der Waals surface area contributed by atoms with Gasteiger partial charge >= 0.3 is 0 Å². The zero-order valence-electron chi connectivity index (χ0n) is 13.6. The molecule has 2 atom stereocenters. The van der Waals surface area contributed by atoms with Crippen molar-refractivity contribution in [3.05, 3.63) is 16.1 Å². The largest absolute Gasteiger partial charge is 0.306 e. The van der Waals surface area contributed by atoms with Gasteiger partial charge in [0.1, 0.15) is 0 Å². The topological polar surface area (TPSA) is 24.9 Å². The Hall–Kier alpha value is -0.410. The van der Waals surface area contributed by atoms with Crippen LogP contribution >= 0.6 is 11.3 Å². The number of nitrogens with one attached hydrogen (secondary N) is 1.